The van der Waals surface area contributed by atoms with Gasteiger partial charge in [-0.15, -0.1) is 12.4 Å². The highest BCUT2D eigenvalue weighted by Gasteiger charge is 2.12. The lowest BCUT2D eigenvalue weighted by atomic mass is 10.1. The zero-order valence-corrected chi connectivity index (χ0v) is 12.3. The number of hydrogen-bond donors (Lipinski definition) is 3. The molecule has 0 saturated heterocycles. The Kier molecular flexibility index (Phi) is 6.62. The molecule has 0 aliphatic rings. The maximum Gasteiger partial charge on any atom is 0.133 e. The van der Waals surface area contributed by atoms with Crippen molar-refractivity contribution >= 4 is 57.6 Å². The molecule has 1 rings (SSSR count). The van der Waals surface area contributed by atoms with Gasteiger partial charge in [0.25, 0.3) is 0 Å². The van der Waals surface area contributed by atoms with Gasteiger partial charge in [0.2, 0.25) is 0 Å². The van der Waals surface area contributed by atoms with Crippen LogP contribution in [-0.2, 0) is 0 Å². The Labute approximate surface area is 116 Å². The Morgan fingerprint density at radius 3 is 2.43 bits per heavy atom. The minimum absolute atomic E-state index is 0. The van der Waals surface area contributed by atoms with Gasteiger partial charge < -0.3 is 16.6 Å². The lowest BCUT2D eigenvalue weighted by Crippen LogP contribution is -2.21. The van der Waals surface area contributed by atoms with E-state index in [1.807, 2.05) is 12.1 Å². The van der Waals surface area contributed by atoms with Crippen LogP contribution in [0.15, 0.2) is 12.1 Å². The largest absolute Gasteiger partial charge is 0.506 e. The average Bonchev–Trinajstić information content (AvgIpc) is 2.10. The second kappa shape index (κ2) is 6.31. The van der Waals surface area contributed by atoms with Gasteiger partial charge >= 0.3 is 0 Å². The van der Waals surface area contributed by atoms with Crippen molar-refractivity contribution in [1.29, 1.82) is 0 Å². The molecule has 0 saturated carbocycles. The van der Waals surface area contributed by atoms with Crippen LogP contribution < -0.4 is 11.5 Å². The SMILES string of the molecule is Cl.NC[C@H](N)c1cc(I)cc(I)c1O. The summed E-state index contributed by atoms with van der Waals surface area (Å²) in [5, 5.41) is 9.68. The molecule has 0 aliphatic heterocycles. The lowest BCUT2D eigenvalue weighted by molar-refractivity contribution is 0.458. The molecule has 3 nitrogen and oxygen atoms in total. The molecule has 1 atom stereocenters. The maximum absolute atomic E-state index is 9.68. The molecule has 1 aromatic rings. The molecule has 0 fully saturated rings. The van der Waals surface area contributed by atoms with Crippen molar-refractivity contribution in [2.75, 3.05) is 6.54 Å². The third-order valence-electron chi connectivity index (χ3n) is 1.71. The van der Waals surface area contributed by atoms with E-state index in [4.69, 9.17) is 11.5 Å². The first-order chi connectivity index (χ1) is 6.06. The Bertz CT molecular complexity index is 322. The van der Waals surface area contributed by atoms with Gasteiger partial charge in [0.15, 0.2) is 0 Å². The molecule has 80 valence electrons. The molecular weight excluding hydrogens is 429 g/mol. The summed E-state index contributed by atoms with van der Waals surface area (Å²) in [5.74, 6) is 0.249. The predicted molar refractivity (Wildman–Crippen MR) is 76.8 cm³/mol. The molecule has 0 bridgehead atoms. The Balaban J connectivity index is 0.00000169. The monoisotopic (exact) mass is 440 g/mol. The van der Waals surface area contributed by atoms with E-state index in [0.29, 0.717) is 6.54 Å². The number of hydrogen-bond acceptors (Lipinski definition) is 3. The minimum atomic E-state index is -0.289. The second-order valence-corrected chi connectivity index (χ2v) is 5.08. The highest BCUT2D eigenvalue weighted by atomic mass is 127. The van der Waals surface area contributed by atoms with E-state index in [9.17, 15) is 5.11 Å². The summed E-state index contributed by atoms with van der Waals surface area (Å²) in [5.41, 5.74) is 11.9. The fourth-order valence-corrected chi connectivity index (χ4v) is 2.89. The van der Waals surface area contributed by atoms with E-state index in [2.05, 4.69) is 45.2 Å². The van der Waals surface area contributed by atoms with Gasteiger partial charge in [-0.25, -0.2) is 0 Å². The zero-order valence-electron chi connectivity index (χ0n) is 7.21. The van der Waals surface area contributed by atoms with Gasteiger partial charge in [-0.05, 0) is 57.3 Å². The lowest BCUT2D eigenvalue weighted by Gasteiger charge is -2.12. The zero-order chi connectivity index (χ0) is 10.0. The Morgan fingerprint density at radius 1 is 1.36 bits per heavy atom. The van der Waals surface area contributed by atoms with Crippen molar-refractivity contribution < 1.29 is 5.11 Å². The predicted octanol–water partition coefficient (Wildman–Crippen LogP) is 1.98. The van der Waals surface area contributed by atoms with E-state index >= 15 is 0 Å². The number of benzene rings is 1. The van der Waals surface area contributed by atoms with E-state index in [1.54, 1.807) is 0 Å². The fourth-order valence-electron chi connectivity index (χ4n) is 0.996. The van der Waals surface area contributed by atoms with Crippen LogP contribution in [0.25, 0.3) is 0 Å². The molecule has 0 unspecified atom stereocenters. The summed E-state index contributed by atoms with van der Waals surface area (Å²) in [7, 11) is 0. The van der Waals surface area contributed by atoms with Crippen LogP contribution in [0.1, 0.15) is 11.6 Å². The van der Waals surface area contributed by atoms with Gasteiger partial charge in [0.05, 0.1) is 3.57 Å². The number of phenols is 1. The first kappa shape index (κ1) is 14.7. The number of aromatic hydroxyl groups is 1. The van der Waals surface area contributed by atoms with Crippen LogP contribution in [0.5, 0.6) is 5.75 Å². The Morgan fingerprint density at radius 2 is 1.93 bits per heavy atom. The molecule has 14 heavy (non-hydrogen) atoms. The van der Waals surface area contributed by atoms with Gasteiger partial charge in [-0.1, -0.05) is 0 Å². The van der Waals surface area contributed by atoms with Gasteiger partial charge in [-0.3, -0.25) is 0 Å². The summed E-state index contributed by atoms with van der Waals surface area (Å²) >= 11 is 4.26. The van der Waals surface area contributed by atoms with E-state index in [1.165, 1.54) is 0 Å². The smallest absolute Gasteiger partial charge is 0.133 e. The van der Waals surface area contributed by atoms with Crippen molar-refractivity contribution in [2.45, 2.75) is 6.04 Å². The standard InChI is InChI=1S/C8H10I2N2O.ClH/c9-4-1-5(7(12)3-11)8(13)6(10)2-4;/h1-2,7,13H,3,11-12H2;1H/t7-;/m0./s1. The molecular formula is C8H11ClI2N2O. The first-order valence-electron chi connectivity index (χ1n) is 3.69. The van der Waals surface area contributed by atoms with Crippen molar-refractivity contribution in [3.63, 3.8) is 0 Å². The van der Waals surface area contributed by atoms with Gasteiger partial charge in [-0.2, -0.15) is 0 Å². The third-order valence-corrected chi connectivity index (χ3v) is 3.16. The third kappa shape index (κ3) is 3.37. The molecule has 0 aromatic heterocycles. The van der Waals surface area contributed by atoms with Crippen LogP contribution >= 0.6 is 57.6 Å². The van der Waals surface area contributed by atoms with Gasteiger partial charge in [0, 0.05) is 21.7 Å². The summed E-state index contributed by atoms with van der Waals surface area (Å²) in [6.45, 7) is 0.337. The second-order valence-electron chi connectivity index (χ2n) is 2.67. The quantitative estimate of drug-likeness (QED) is 0.616. The van der Waals surface area contributed by atoms with E-state index in [0.717, 1.165) is 12.7 Å². The molecule has 0 spiro atoms. The molecule has 0 radical (unpaired) electrons. The van der Waals surface area contributed by atoms with E-state index in [-0.39, 0.29) is 24.2 Å². The molecule has 0 amide bonds. The molecule has 6 heteroatoms. The van der Waals surface area contributed by atoms with Crippen molar-refractivity contribution in [2.24, 2.45) is 11.5 Å². The topological polar surface area (TPSA) is 72.3 Å². The number of phenolic OH excluding ortho intramolecular Hbond substituents is 1. The fraction of sp³-hybridized carbons (Fsp3) is 0.250. The molecule has 0 heterocycles. The van der Waals surface area contributed by atoms with Crippen molar-refractivity contribution in [1.82, 2.24) is 0 Å². The minimum Gasteiger partial charge on any atom is -0.506 e. The summed E-state index contributed by atoms with van der Waals surface area (Å²) < 4.78 is 1.86. The highest BCUT2D eigenvalue weighted by Crippen LogP contribution is 2.29. The van der Waals surface area contributed by atoms with Crippen molar-refractivity contribution in [3.05, 3.63) is 24.8 Å². The summed E-state index contributed by atoms with van der Waals surface area (Å²) in [6.07, 6.45) is 0. The average molecular weight is 440 g/mol. The van der Waals surface area contributed by atoms with E-state index < -0.39 is 0 Å². The van der Waals surface area contributed by atoms with Crippen LogP contribution in [-0.4, -0.2) is 11.7 Å². The first-order valence-corrected chi connectivity index (χ1v) is 5.85. The normalized spacial score (nSPS) is 12.0. The number of halogens is 3. The van der Waals surface area contributed by atoms with Crippen LogP contribution in [0.2, 0.25) is 0 Å². The molecule has 1 aromatic carbocycles. The Hall–Kier alpha value is 0.690. The molecule has 0 aliphatic carbocycles. The number of nitrogens with two attached hydrogens (primary N) is 2. The summed E-state index contributed by atoms with van der Waals surface area (Å²) in [4.78, 5) is 0. The number of rotatable bonds is 2. The van der Waals surface area contributed by atoms with Crippen LogP contribution in [0.3, 0.4) is 0 Å². The maximum atomic E-state index is 9.68. The van der Waals surface area contributed by atoms with Crippen LogP contribution in [0, 0.1) is 7.14 Å². The van der Waals surface area contributed by atoms with Gasteiger partial charge in [0.1, 0.15) is 5.75 Å². The summed E-state index contributed by atoms with van der Waals surface area (Å²) in [6, 6.07) is 3.46. The molecule has 5 N–H and O–H groups in total. The van der Waals surface area contributed by atoms with Crippen molar-refractivity contribution in [3.8, 4) is 5.75 Å². The van der Waals surface area contributed by atoms with Crippen LogP contribution in [0.4, 0.5) is 0 Å². The highest BCUT2D eigenvalue weighted by molar-refractivity contribution is 14.1.